The fourth-order valence-electron chi connectivity index (χ4n) is 4.75. The van der Waals surface area contributed by atoms with Gasteiger partial charge in [0.15, 0.2) is 4.34 Å². The van der Waals surface area contributed by atoms with Gasteiger partial charge in [0.2, 0.25) is 5.13 Å². The average molecular weight is 600 g/mol. The van der Waals surface area contributed by atoms with Crippen molar-refractivity contribution in [1.29, 1.82) is 0 Å². The Balaban J connectivity index is 1.53. The second-order valence-corrected chi connectivity index (χ2v) is 12.6. The molecule has 42 heavy (non-hydrogen) atoms. The first-order chi connectivity index (χ1) is 20.3. The van der Waals surface area contributed by atoms with Crippen LogP contribution in [0, 0.1) is 20.8 Å². The molecule has 0 bridgehead atoms. The number of hydrogen-bond acceptors (Lipinski definition) is 8. The molecule has 1 N–H and O–H groups in total. The number of amides is 1. The SMILES string of the molecule is CCCCOc1ccc(C2C(=C(O)c3cc(C)ccc3C)C(=O)C(=O)N2c2nnc(SCc3ccc(C)cc3)s2)cc1. The minimum absolute atomic E-state index is 0.0254. The number of carbonyl (C=O) groups excluding carboxylic acids is 2. The first-order valence-corrected chi connectivity index (χ1v) is 15.7. The summed E-state index contributed by atoms with van der Waals surface area (Å²) >= 11 is 2.77. The molecule has 1 atom stereocenters. The first-order valence-electron chi connectivity index (χ1n) is 13.9. The Labute approximate surface area is 254 Å². The van der Waals surface area contributed by atoms with Crippen LogP contribution in [0.5, 0.6) is 5.75 Å². The van der Waals surface area contributed by atoms with Crippen LogP contribution in [-0.2, 0) is 15.3 Å². The van der Waals surface area contributed by atoms with Crippen LogP contribution < -0.4 is 9.64 Å². The van der Waals surface area contributed by atoms with Crippen LogP contribution in [0.2, 0.25) is 0 Å². The number of Topliss-reactive ketones (excluding diaryl/α,β-unsaturated/α-hetero) is 1. The summed E-state index contributed by atoms with van der Waals surface area (Å²) < 4.78 is 6.51. The Morgan fingerprint density at radius 3 is 2.40 bits per heavy atom. The molecular weight excluding hydrogens is 567 g/mol. The number of anilines is 1. The number of unbranched alkanes of at least 4 members (excludes halogenated alkanes) is 1. The van der Waals surface area contributed by atoms with Crippen LogP contribution in [-0.4, -0.2) is 33.6 Å². The van der Waals surface area contributed by atoms with E-state index in [-0.39, 0.29) is 11.3 Å². The Morgan fingerprint density at radius 1 is 0.976 bits per heavy atom. The van der Waals surface area contributed by atoms with E-state index in [0.717, 1.165) is 29.5 Å². The highest BCUT2D eigenvalue weighted by Gasteiger charge is 2.48. The Hall–Kier alpha value is -3.95. The van der Waals surface area contributed by atoms with Gasteiger partial charge < -0.3 is 9.84 Å². The monoisotopic (exact) mass is 599 g/mol. The van der Waals surface area contributed by atoms with E-state index in [1.165, 1.54) is 33.6 Å². The molecule has 0 radical (unpaired) electrons. The second kappa shape index (κ2) is 12.9. The largest absolute Gasteiger partial charge is 0.507 e. The summed E-state index contributed by atoms with van der Waals surface area (Å²) in [5.74, 6) is -0.316. The number of aliphatic hydroxyl groups excluding tert-OH is 1. The summed E-state index contributed by atoms with van der Waals surface area (Å²) in [6.45, 7) is 8.54. The smallest absolute Gasteiger partial charge is 0.301 e. The van der Waals surface area contributed by atoms with Crippen molar-refractivity contribution in [1.82, 2.24) is 10.2 Å². The lowest BCUT2D eigenvalue weighted by Crippen LogP contribution is -2.29. The van der Waals surface area contributed by atoms with Gasteiger partial charge in [-0.05, 0) is 62.1 Å². The molecule has 1 aliphatic heterocycles. The number of benzene rings is 3. The minimum atomic E-state index is -0.877. The lowest BCUT2D eigenvalue weighted by Gasteiger charge is -2.23. The summed E-state index contributed by atoms with van der Waals surface area (Å²) in [4.78, 5) is 28.5. The van der Waals surface area contributed by atoms with Crippen molar-refractivity contribution < 1.29 is 19.4 Å². The predicted molar refractivity (Wildman–Crippen MR) is 168 cm³/mol. The number of carbonyl (C=O) groups is 2. The molecule has 1 aliphatic rings. The maximum absolute atomic E-state index is 13.6. The number of hydrogen-bond donors (Lipinski definition) is 1. The summed E-state index contributed by atoms with van der Waals surface area (Å²) in [6, 6.07) is 20.4. The van der Waals surface area contributed by atoms with Gasteiger partial charge in [-0.1, -0.05) is 96.1 Å². The molecule has 9 heteroatoms. The fourth-order valence-corrected chi connectivity index (χ4v) is 6.57. The summed E-state index contributed by atoms with van der Waals surface area (Å²) in [5, 5.41) is 20.5. The maximum Gasteiger partial charge on any atom is 0.301 e. The van der Waals surface area contributed by atoms with Crippen LogP contribution in [0.3, 0.4) is 0 Å². The molecule has 1 fully saturated rings. The third-order valence-electron chi connectivity index (χ3n) is 7.14. The van der Waals surface area contributed by atoms with E-state index in [2.05, 4.69) is 41.4 Å². The molecule has 216 valence electrons. The van der Waals surface area contributed by atoms with E-state index >= 15 is 0 Å². The zero-order chi connectivity index (χ0) is 29.8. The van der Waals surface area contributed by atoms with Gasteiger partial charge in [-0.2, -0.15) is 0 Å². The van der Waals surface area contributed by atoms with Crippen molar-refractivity contribution in [2.45, 2.75) is 56.7 Å². The van der Waals surface area contributed by atoms with Crippen LogP contribution in [0.1, 0.15) is 59.2 Å². The number of thioether (sulfide) groups is 1. The Bertz CT molecular complexity index is 1630. The molecule has 5 rings (SSSR count). The molecule has 1 aromatic heterocycles. The average Bonchev–Trinajstić information content (AvgIpc) is 3.56. The lowest BCUT2D eigenvalue weighted by molar-refractivity contribution is -0.132. The van der Waals surface area contributed by atoms with Crippen molar-refractivity contribution in [2.75, 3.05) is 11.5 Å². The second-order valence-electron chi connectivity index (χ2n) is 10.4. The third-order valence-corrected chi connectivity index (χ3v) is 9.27. The number of rotatable bonds is 10. The molecule has 7 nitrogen and oxygen atoms in total. The summed E-state index contributed by atoms with van der Waals surface area (Å²) in [7, 11) is 0. The minimum Gasteiger partial charge on any atom is -0.507 e. The predicted octanol–water partition coefficient (Wildman–Crippen LogP) is 7.56. The van der Waals surface area contributed by atoms with Crippen molar-refractivity contribution >= 4 is 45.7 Å². The van der Waals surface area contributed by atoms with Gasteiger partial charge in [-0.25, -0.2) is 0 Å². The molecule has 2 heterocycles. The number of ketones is 1. The first kappa shape index (κ1) is 29.5. The number of nitrogens with zero attached hydrogens (tertiary/aromatic N) is 3. The van der Waals surface area contributed by atoms with Gasteiger partial charge >= 0.3 is 5.91 Å². The van der Waals surface area contributed by atoms with Gasteiger partial charge in [-0.3, -0.25) is 14.5 Å². The van der Waals surface area contributed by atoms with Gasteiger partial charge in [-0.15, -0.1) is 10.2 Å². The van der Waals surface area contributed by atoms with Gasteiger partial charge in [0.25, 0.3) is 5.78 Å². The molecule has 3 aromatic carbocycles. The number of ether oxygens (including phenoxy) is 1. The van der Waals surface area contributed by atoms with E-state index in [0.29, 0.717) is 38.7 Å². The highest BCUT2D eigenvalue weighted by molar-refractivity contribution is 8.00. The molecule has 1 saturated heterocycles. The molecule has 0 aliphatic carbocycles. The van der Waals surface area contributed by atoms with Crippen LogP contribution in [0.15, 0.2) is 76.6 Å². The van der Waals surface area contributed by atoms with Crippen LogP contribution in [0.25, 0.3) is 5.76 Å². The van der Waals surface area contributed by atoms with Crippen LogP contribution >= 0.6 is 23.1 Å². The van der Waals surface area contributed by atoms with E-state index < -0.39 is 17.7 Å². The summed E-state index contributed by atoms with van der Waals surface area (Å²) in [6.07, 6.45) is 1.97. The zero-order valence-electron chi connectivity index (χ0n) is 24.1. The fraction of sp³-hybridized carbons (Fsp3) is 0.273. The highest BCUT2D eigenvalue weighted by atomic mass is 32.2. The van der Waals surface area contributed by atoms with Crippen molar-refractivity contribution in [3.8, 4) is 5.75 Å². The van der Waals surface area contributed by atoms with Gasteiger partial charge in [0, 0.05) is 11.3 Å². The van der Waals surface area contributed by atoms with E-state index in [1.54, 1.807) is 0 Å². The van der Waals surface area contributed by atoms with Gasteiger partial charge in [0.05, 0.1) is 18.2 Å². The highest BCUT2D eigenvalue weighted by Crippen LogP contribution is 2.44. The standard InChI is InChI=1S/C33H33N3O4S2/c1-5-6-17-40-25-15-13-24(14-16-25)28-27(29(37)26-18-21(3)7-10-22(26)4)30(38)31(39)36(28)32-34-35-33(42-32)41-19-23-11-8-20(2)9-12-23/h7-16,18,28,37H,5-6,17,19H2,1-4H3. The zero-order valence-corrected chi connectivity index (χ0v) is 25.7. The van der Waals surface area contributed by atoms with Gasteiger partial charge in [0.1, 0.15) is 11.5 Å². The quantitative estimate of drug-likeness (QED) is 0.0502. The summed E-state index contributed by atoms with van der Waals surface area (Å²) in [5.41, 5.74) is 5.28. The molecule has 1 unspecified atom stereocenters. The van der Waals surface area contributed by atoms with Crippen molar-refractivity contribution in [2.24, 2.45) is 0 Å². The maximum atomic E-state index is 13.6. The normalized spacial score (nSPS) is 16.3. The topological polar surface area (TPSA) is 92.6 Å². The molecule has 1 amide bonds. The Morgan fingerprint density at radius 2 is 1.69 bits per heavy atom. The van der Waals surface area contributed by atoms with Crippen molar-refractivity contribution in [3.63, 3.8) is 0 Å². The number of aromatic nitrogens is 2. The molecule has 0 saturated carbocycles. The van der Waals surface area contributed by atoms with Crippen LogP contribution in [0.4, 0.5) is 5.13 Å². The molecular formula is C33H33N3O4S2. The van der Waals surface area contributed by atoms with E-state index in [1.807, 2.05) is 63.2 Å². The lowest BCUT2D eigenvalue weighted by atomic mass is 9.93. The molecule has 0 spiro atoms. The third kappa shape index (κ3) is 6.27. The van der Waals surface area contributed by atoms with Crippen molar-refractivity contribution in [3.05, 3.63) is 106 Å². The van der Waals surface area contributed by atoms with E-state index in [4.69, 9.17) is 4.74 Å². The van der Waals surface area contributed by atoms with E-state index in [9.17, 15) is 14.7 Å². The Kier molecular flexibility index (Phi) is 9.09. The number of aliphatic hydroxyl groups is 1. The number of aryl methyl sites for hydroxylation is 3. The molecule has 4 aromatic rings.